The summed E-state index contributed by atoms with van der Waals surface area (Å²) in [5, 5.41) is 0. The van der Waals surface area contributed by atoms with Crippen LogP contribution < -0.4 is 9.64 Å². The van der Waals surface area contributed by atoms with Gasteiger partial charge in [-0.1, -0.05) is 6.07 Å². The normalized spacial score (nSPS) is 23.4. The number of nitrogens with zero attached hydrogens (tertiary/aromatic N) is 2. The molecule has 2 heterocycles. The van der Waals surface area contributed by atoms with Crippen LogP contribution in [-0.4, -0.2) is 42.6 Å². The Balaban J connectivity index is 1.52. The van der Waals surface area contributed by atoms with Gasteiger partial charge in [0.1, 0.15) is 11.6 Å². The molecule has 2 atom stereocenters. The molecule has 4 nitrogen and oxygen atoms in total. The van der Waals surface area contributed by atoms with E-state index in [1.165, 1.54) is 6.07 Å². The molecule has 28 heavy (non-hydrogen) atoms. The SMILES string of the molecule is COc1ccc(C(=O)N2CC[C@H]3[C@@H](C2)CC(C)(C)N3c2cccc(F)c2)cc1. The molecular formula is C23H27FN2O2. The topological polar surface area (TPSA) is 32.8 Å². The van der Waals surface area contributed by atoms with Crippen LogP contribution in [0.1, 0.15) is 37.0 Å². The molecule has 2 fully saturated rings. The van der Waals surface area contributed by atoms with Crippen molar-refractivity contribution in [3.8, 4) is 5.75 Å². The van der Waals surface area contributed by atoms with Gasteiger partial charge in [-0.3, -0.25) is 4.79 Å². The highest BCUT2D eigenvalue weighted by molar-refractivity contribution is 5.94. The van der Waals surface area contributed by atoms with Gasteiger partial charge in [0, 0.05) is 35.9 Å². The molecule has 5 heteroatoms. The van der Waals surface area contributed by atoms with Crippen molar-refractivity contribution in [2.24, 2.45) is 5.92 Å². The number of hydrogen-bond acceptors (Lipinski definition) is 3. The predicted octanol–water partition coefficient (Wildman–Crippen LogP) is 4.35. The summed E-state index contributed by atoms with van der Waals surface area (Å²) < 4.78 is 19.0. The molecule has 2 saturated heterocycles. The molecule has 2 aliphatic rings. The highest BCUT2D eigenvalue weighted by atomic mass is 19.1. The zero-order chi connectivity index (χ0) is 19.9. The Morgan fingerprint density at radius 1 is 1.18 bits per heavy atom. The van der Waals surface area contributed by atoms with Gasteiger partial charge in [-0.15, -0.1) is 0 Å². The molecule has 0 saturated carbocycles. The lowest BCUT2D eigenvalue weighted by Crippen LogP contribution is -2.50. The zero-order valence-corrected chi connectivity index (χ0v) is 16.7. The van der Waals surface area contributed by atoms with Crippen LogP contribution in [0.4, 0.5) is 10.1 Å². The Morgan fingerprint density at radius 2 is 1.93 bits per heavy atom. The van der Waals surface area contributed by atoms with Crippen molar-refractivity contribution in [3.63, 3.8) is 0 Å². The predicted molar refractivity (Wildman–Crippen MR) is 108 cm³/mol. The molecule has 2 aromatic rings. The first-order valence-electron chi connectivity index (χ1n) is 9.87. The first kappa shape index (κ1) is 18.8. The molecular weight excluding hydrogens is 355 g/mol. The number of ether oxygens (including phenoxy) is 1. The molecule has 0 radical (unpaired) electrons. The average molecular weight is 382 g/mol. The summed E-state index contributed by atoms with van der Waals surface area (Å²) in [6, 6.07) is 14.5. The van der Waals surface area contributed by atoms with Gasteiger partial charge in [-0.05, 0) is 75.1 Å². The Hall–Kier alpha value is -2.56. The van der Waals surface area contributed by atoms with Gasteiger partial charge >= 0.3 is 0 Å². The fraction of sp³-hybridized carbons (Fsp3) is 0.435. The monoisotopic (exact) mass is 382 g/mol. The number of halogens is 1. The lowest BCUT2D eigenvalue weighted by molar-refractivity contribution is 0.0667. The third-order valence-corrected chi connectivity index (χ3v) is 6.15. The maximum atomic E-state index is 13.8. The number of methoxy groups -OCH3 is 1. The Kier molecular flexibility index (Phi) is 4.77. The fourth-order valence-corrected chi connectivity index (χ4v) is 5.02. The van der Waals surface area contributed by atoms with Gasteiger partial charge in [-0.2, -0.15) is 0 Å². The van der Waals surface area contributed by atoms with Gasteiger partial charge in [0.05, 0.1) is 7.11 Å². The summed E-state index contributed by atoms with van der Waals surface area (Å²) in [7, 11) is 1.62. The van der Waals surface area contributed by atoms with E-state index in [4.69, 9.17) is 4.74 Å². The van der Waals surface area contributed by atoms with E-state index in [1.807, 2.05) is 35.2 Å². The Bertz CT molecular complexity index is 865. The van der Waals surface area contributed by atoms with Crippen LogP contribution in [0.3, 0.4) is 0 Å². The first-order chi connectivity index (χ1) is 13.4. The van der Waals surface area contributed by atoms with E-state index in [1.54, 1.807) is 19.2 Å². The number of piperidine rings is 1. The van der Waals surface area contributed by atoms with Crippen LogP contribution in [0.15, 0.2) is 48.5 Å². The first-order valence-corrected chi connectivity index (χ1v) is 9.87. The van der Waals surface area contributed by atoms with Crippen LogP contribution >= 0.6 is 0 Å². The van der Waals surface area contributed by atoms with E-state index in [2.05, 4.69) is 18.7 Å². The Labute approximate surface area is 165 Å². The summed E-state index contributed by atoms with van der Waals surface area (Å²) in [5.41, 5.74) is 1.56. The summed E-state index contributed by atoms with van der Waals surface area (Å²) in [4.78, 5) is 17.3. The molecule has 1 amide bonds. The van der Waals surface area contributed by atoms with Crippen LogP contribution in [-0.2, 0) is 0 Å². The summed E-state index contributed by atoms with van der Waals surface area (Å²) in [6.45, 7) is 5.89. The maximum absolute atomic E-state index is 13.8. The minimum absolute atomic E-state index is 0.0672. The van der Waals surface area contributed by atoms with E-state index in [0.29, 0.717) is 24.1 Å². The van der Waals surface area contributed by atoms with Gasteiger partial charge in [-0.25, -0.2) is 4.39 Å². The van der Waals surface area contributed by atoms with Crippen LogP contribution in [0.25, 0.3) is 0 Å². The number of fused-ring (bicyclic) bond motifs is 1. The molecule has 0 aromatic heterocycles. The molecule has 2 aromatic carbocycles. The van der Waals surface area contributed by atoms with E-state index in [9.17, 15) is 9.18 Å². The summed E-state index contributed by atoms with van der Waals surface area (Å²) in [5.74, 6) is 1.000. The number of carbonyl (C=O) groups is 1. The second kappa shape index (κ2) is 7.12. The van der Waals surface area contributed by atoms with E-state index in [-0.39, 0.29) is 17.3 Å². The maximum Gasteiger partial charge on any atom is 0.253 e. The second-order valence-electron chi connectivity index (χ2n) is 8.46. The highest BCUT2D eigenvalue weighted by Crippen LogP contribution is 2.44. The van der Waals surface area contributed by atoms with Gasteiger partial charge in [0.2, 0.25) is 0 Å². The van der Waals surface area contributed by atoms with Crippen molar-refractivity contribution in [3.05, 3.63) is 59.9 Å². The number of carbonyl (C=O) groups excluding carboxylic acids is 1. The number of anilines is 1. The second-order valence-corrected chi connectivity index (χ2v) is 8.46. The number of hydrogen-bond donors (Lipinski definition) is 0. The Morgan fingerprint density at radius 3 is 2.61 bits per heavy atom. The third kappa shape index (κ3) is 3.34. The van der Waals surface area contributed by atoms with E-state index in [0.717, 1.165) is 30.8 Å². The van der Waals surface area contributed by atoms with E-state index >= 15 is 0 Å². The standard InChI is InChI=1S/C23H27FN2O2/c1-23(2)14-17-15-25(22(27)16-7-9-20(28-3)10-8-16)12-11-21(17)26(23)19-6-4-5-18(24)13-19/h4-10,13,17,21H,11-12,14-15H2,1-3H3/t17-,21+/m1/s1. The smallest absolute Gasteiger partial charge is 0.253 e. The molecule has 148 valence electrons. The largest absolute Gasteiger partial charge is 0.497 e. The van der Waals surface area contributed by atoms with Crippen LogP contribution in [0.5, 0.6) is 5.75 Å². The zero-order valence-electron chi connectivity index (χ0n) is 16.7. The van der Waals surface area contributed by atoms with Crippen molar-refractivity contribution in [2.75, 3.05) is 25.1 Å². The molecule has 0 N–H and O–H groups in total. The average Bonchev–Trinajstić information content (AvgIpc) is 2.96. The van der Waals surface area contributed by atoms with Crippen molar-refractivity contribution in [1.29, 1.82) is 0 Å². The van der Waals surface area contributed by atoms with Crippen molar-refractivity contribution in [1.82, 2.24) is 4.90 Å². The lowest BCUT2D eigenvalue weighted by Gasteiger charge is -2.42. The number of amides is 1. The van der Waals surface area contributed by atoms with Gasteiger partial charge in [0.25, 0.3) is 5.91 Å². The molecule has 2 aliphatic heterocycles. The quantitative estimate of drug-likeness (QED) is 0.791. The summed E-state index contributed by atoms with van der Waals surface area (Å²) >= 11 is 0. The minimum Gasteiger partial charge on any atom is -0.497 e. The highest BCUT2D eigenvalue weighted by Gasteiger charge is 2.48. The lowest BCUT2D eigenvalue weighted by atomic mass is 9.89. The van der Waals surface area contributed by atoms with Gasteiger partial charge < -0.3 is 14.5 Å². The molecule has 0 aliphatic carbocycles. The number of likely N-dealkylation sites (tertiary alicyclic amines) is 1. The molecule has 0 unspecified atom stereocenters. The van der Waals surface area contributed by atoms with Gasteiger partial charge in [0.15, 0.2) is 0 Å². The van der Waals surface area contributed by atoms with Crippen LogP contribution in [0.2, 0.25) is 0 Å². The fourth-order valence-electron chi connectivity index (χ4n) is 5.02. The van der Waals surface area contributed by atoms with Crippen molar-refractivity contribution in [2.45, 2.75) is 38.3 Å². The number of benzene rings is 2. The van der Waals surface area contributed by atoms with Crippen molar-refractivity contribution >= 4 is 11.6 Å². The third-order valence-electron chi connectivity index (χ3n) is 6.15. The van der Waals surface area contributed by atoms with Crippen molar-refractivity contribution < 1.29 is 13.9 Å². The molecule has 0 spiro atoms. The van der Waals surface area contributed by atoms with E-state index < -0.39 is 0 Å². The minimum atomic E-state index is -0.205. The number of rotatable bonds is 3. The molecule has 0 bridgehead atoms. The van der Waals surface area contributed by atoms with Crippen LogP contribution in [0, 0.1) is 11.7 Å². The summed E-state index contributed by atoms with van der Waals surface area (Å²) in [6.07, 6.45) is 1.88. The molecule has 4 rings (SSSR count).